The molecule has 0 saturated carbocycles. The van der Waals surface area contributed by atoms with E-state index in [1.54, 1.807) is 6.07 Å². The average Bonchev–Trinajstić information content (AvgIpc) is 2.18. The zero-order valence-electron chi connectivity index (χ0n) is 9.76. The third-order valence-electron chi connectivity index (χ3n) is 2.61. The van der Waals surface area contributed by atoms with Gasteiger partial charge in [0.1, 0.15) is 5.82 Å². The third kappa shape index (κ3) is 3.63. The molecule has 0 spiro atoms. The first-order valence-corrected chi connectivity index (χ1v) is 5.52. The topological polar surface area (TPSA) is 26.0 Å². The quantitative estimate of drug-likeness (QED) is 0.806. The van der Waals surface area contributed by atoms with Gasteiger partial charge in [-0.3, -0.25) is 0 Å². The van der Waals surface area contributed by atoms with Crippen LogP contribution in [0.4, 0.5) is 4.39 Å². The fraction of sp³-hybridized carbons (Fsp3) is 0.538. The molecule has 84 valence electrons. The molecule has 1 unspecified atom stereocenters. The minimum absolute atomic E-state index is 0.174. The van der Waals surface area contributed by atoms with Gasteiger partial charge in [-0.05, 0) is 31.7 Å². The van der Waals surface area contributed by atoms with Gasteiger partial charge in [-0.2, -0.15) is 0 Å². The molecule has 2 heteroatoms. The van der Waals surface area contributed by atoms with Crippen LogP contribution in [0.3, 0.4) is 0 Å². The summed E-state index contributed by atoms with van der Waals surface area (Å²) in [6, 6.07) is 4.95. The number of nitrogens with two attached hydrogens (primary N) is 1. The van der Waals surface area contributed by atoms with Gasteiger partial charge in [-0.1, -0.05) is 31.5 Å². The van der Waals surface area contributed by atoms with E-state index in [2.05, 4.69) is 13.8 Å². The monoisotopic (exact) mass is 209 g/mol. The molecule has 2 N–H and O–H groups in total. The van der Waals surface area contributed by atoms with Crippen molar-refractivity contribution in [3.8, 4) is 0 Å². The molecule has 1 aromatic rings. The van der Waals surface area contributed by atoms with E-state index in [1.807, 2.05) is 13.0 Å². The average molecular weight is 209 g/mol. The molecule has 1 nitrogen and oxygen atoms in total. The zero-order chi connectivity index (χ0) is 11.4. The van der Waals surface area contributed by atoms with E-state index in [1.165, 1.54) is 6.07 Å². The van der Waals surface area contributed by atoms with Crippen molar-refractivity contribution in [2.75, 3.05) is 0 Å². The van der Waals surface area contributed by atoms with Crippen LogP contribution < -0.4 is 5.73 Å². The lowest BCUT2D eigenvalue weighted by atomic mass is 9.97. The molecule has 1 atom stereocenters. The van der Waals surface area contributed by atoms with Crippen LogP contribution in [-0.4, -0.2) is 0 Å². The number of halogens is 1. The maximum Gasteiger partial charge on any atom is 0.127 e. The first-order valence-electron chi connectivity index (χ1n) is 5.52. The maximum atomic E-state index is 13.5. The molecular weight excluding hydrogens is 189 g/mol. The Labute approximate surface area is 91.5 Å². The molecule has 0 amide bonds. The summed E-state index contributed by atoms with van der Waals surface area (Å²) in [5, 5.41) is 0. The SMILES string of the molecule is Cc1ccc(F)c(C(N)CCC(C)C)c1. The van der Waals surface area contributed by atoms with Crippen molar-refractivity contribution in [2.24, 2.45) is 11.7 Å². The van der Waals surface area contributed by atoms with Crippen LogP contribution in [0.15, 0.2) is 18.2 Å². The molecule has 15 heavy (non-hydrogen) atoms. The van der Waals surface area contributed by atoms with E-state index in [0.717, 1.165) is 18.4 Å². The molecule has 0 aliphatic rings. The third-order valence-corrected chi connectivity index (χ3v) is 2.61. The molecule has 0 heterocycles. The van der Waals surface area contributed by atoms with E-state index in [9.17, 15) is 4.39 Å². The van der Waals surface area contributed by atoms with Gasteiger partial charge >= 0.3 is 0 Å². The van der Waals surface area contributed by atoms with Crippen LogP contribution in [-0.2, 0) is 0 Å². The van der Waals surface area contributed by atoms with Gasteiger partial charge < -0.3 is 5.73 Å². The minimum Gasteiger partial charge on any atom is -0.324 e. The van der Waals surface area contributed by atoms with Crippen molar-refractivity contribution in [3.05, 3.63) is 35.1 Å². The molecule has 1 aromatic carbocycles. The standard InChI is InChI=1S/C13H20FN/c1-9(2)4-7-13(15)11-8-10(3)5-6-12(11)14/h5-6,8-9,13H,4,7,15H2,1-3H3. The Hall–Kier alpha value is -0.890. The predicted octanol–water partition coefficient (Wildman–Crippen LogP) is 3.57. The number of hydrogen-bond donors (Lipinski definition) is 1. The van der Waals surface area contributed by atoms with E-state index in [-0.39, 0.29) is 11.9 Å². The Morgan fingerprint density at radius 1 is 1.27 bits per heavy atom. The fourth-order valence-electron chi connectivity index (χ4n) is 1.62. The predicted molar refractivity (Wildman–Crippen MR) is 62.1 cm³/mol. The van der Waals surface area contributed by atoms with E-state index in [4.69, 9.17) is 5.73 Å². The number of rotatable bonds is 4. The van der Waals surface area contributed by atoms with Crippen LogP contribution in [0, 0.1) is 18.7 Å². The Balaban J connectivity index is 2.72. The molecule has 0 aliphatic heterocycles. The lowest BCUT2D eigenvalue weighted by Gasteiger charge is -2.14. The summed E-state index contributed by atoms with van der Waals surface area (Å²) in [5.74, 6) is 0.431. The van der Waals surface area contributed by atoms with Crippen molar-refractivity contribution in [1.82, 2.24) is 0 Å². The summed E-state index contributed by atoms with van der Waals surface area (Å²) in [6.45, 7) is 6.26. The van der Waals surface area contributed by atoms with Crippen molar-refractivity contribution >= 4 is 0 Å². The van der Waals surface area contributed by atoms with Crippen LogP contribution >= 0.6 is 0 Å². The molecule has 0 aromatic heterocycles. The van der Waals surface area contributed by atoms with E-state index >= 15 is 0 Å². The Morgan fingerprint density at radius 3 is 2.53 bits per heavy atom. The van der Waals surface area contributed by atoms with E-state index < -0.39 is 0 Å². The van der Waals surface area contributed by atoms with Gasteiger partial charge in [-0.15, -0.1) is 0 Å². The van der Waals surface area contributed by atoms with Crippen LogP contribution in [0.5, 0.6) is 0 Å². The Morgan fingerprint density at radius 2 is 1.93 bits per heavy atom. The van der Waals surface area contributed by atoms with Crippen LogP contribution in [0.1, 0.15) is 43.9 Å². The van der Waals surface area contributed by atoms with Crippen molar-refractivity contribution in [1.29, 1.82) is 0 Å². The highest BCUT2D eigenvalue weighted by atomic mass is 19.1. The molecule has 1 rings (SSSR count). The van der Waals surface area contributed by atoms with Crippen molar-refractivity contribution < 1.29 is 4.39 Å². The largest absolute Gasteiger partial charge is 0.324 e. The molecule has 0 fully saturated rings. The molecule has 0 aliphatic carbocycles. The first-order chi connectivity index (χ1) is 7.00. The van der Waals surface area contributed by atoms with E-state index in [0.29, 0.717) is 11.5 Å². The zero-order valence-corrected chi connectivity index (χ0v) is 9.76. The highest BCUT2D eigenvalue weighted by Gasteiger charge is 2.11. The number of benzene rings is 1. The first kappa shape index (κ1) is 12.2. The van der Waals surface area contributed by atoms with Crippen molar-refractivity contribution in [3.63, 3.8) is 0 Å². The fourth-order valence-corrected chi connectivity index (χ4v) is 1.62. The van der Waals surface area contributed by atoms with Crippen LogP contribution in [0.25, 0.3) is 0 Å². The van der Waals surface area contributed by atoms with Gasteiger partial charge in [0.15, 0.2) is 0 Å². The lowest BCUT2D eigenvalue weighted by molar-refractivity contribution is 0.491. The second-order valence-corrected chi connectivity index (χ2v) is 4.60. The highest BCUT2D eigenvalue weighted by molar-refractivity contribution is 5.26. The number of hydrogen-bond acceptors (Lipinski definition) is 1. The normalized spacial score (nSPS) is 13.2. The Kier molecular flexibility index (Phi) is 4.28. The maximum absolute atomic E-state index is 13.5. The summed E-state index contributed by atoms with van der Waals surface area (Å²) in [7, 11) is 0. The molecule has 0 bridgehead atoms. The molecule has 0 saturated heterocycles. The van der Waals surface area contributed by atoms with Gasteiger partial charge in [-0.25, -0.2) is 4.39 Å². The number of aryl methyl sites for hydroxylation is 1. The molecule has 0 radical (unpaired) electrons. The Bertz CT molecular complexity index is 320. The highest BCUT2D eigenvalue weighted by Crippen LogP contribution is 2.22. The van der Waals surface area contributed by atoms with Gasteiger partial charge in [0.25, 0.3) is 0 Å². The van der Waals surface area contributed by atoms with Crippen molar-refractivity contribution in [2.45, 2.75) is 39.7 Å². The minimum atomic E-state index is -0.183. The summed E-state index contributed by atoms with van der Waals surface area (Å²) in [5.41, 5.74) is 7.68. The van der Waals surface area contributed by atoms with Gasteiger partial charge in [0.2, 0.25) is 0 Å². The summed E-state index contributed by atoms with van der Waals surface area (Å²) in [4.78, 5) is 0. The van der Waals surface area contributed by atoms with Gasteiger partial charge in [0.05, 0.1) is 0 Å². The molecular formula is C13H20FN. The second kappa shape index (κ2) is 5.26. The lowest BCUT2D eigenvalue weighted by Crippen LogP contribution is -2.13. The van der Waals surface area contributed by atoms with Crippen LogP contribution in [0.2, 0.25) is 0 Å². The smallest absolute Gasteiger partial charge is 0.127 e. The van der Waals surface area contributed by atoms with Gasteiger partial charge in [0, 0.05) is 11.6 Å². The second-order valence-electron chi connectivity index (χ2n) is 4.60. The summed E-state index contributed by atoms with van der Waals surface area (Å²) >= 11 is 0. The summed E-state index contributed by atoms with van der Waals surface area (Å²) in [6.07, 6.45) is 1.88. The summed E-state index contributed by atoms with van der Waals surface area (Å²) < 4.78 is 13.5.